The van der Waals surface area contributed by atoms with Crippen LogP contribution in [-0.2, 0) is 16.6 Å². The monoisotopic (exact) mass is 264 g/mol. The predicted molar refractivity (Wildman–Crippen MR) is 61.4 cm³/mol. The Morgan fingerprint density at radius 1 is 1.44 bits per heavy atom. The maximum atomic E-state index is 11.8. The van der Waals surface area contributed by atoms with E-state index in [1.54, 1.807) is 20.2 Å². The number of nitrogens with one attached hydrogen (secondary N) is 1. The normalized spacial score (nSPS) is 12.1. The highest BCUT2D eigenvalue weighted by Crippen LogP contribution is 2.22. The Labute approximate surface area is 99.7 Å². The highest BCUT2D eigenvalue weighted by Gasteiger charge is 2.18. The number of nitrogens with zero attached hydrogens (tertiary/aromatic N) is 1. The van der Waals surface area contributed by atoms with Crippen LogP contribution < -0.4 is 4.83 Å². The molecule has 2 N–H and O–H groups in total. The fourth-order valence-corrected chi connectivity index (χ4v) is 2.77. The van der Waals surface area contributed by atoms with Gasteiger partial charge in [0.25, 0.3) is 10.0 Å². The van der Waals surface area contributed by atoms with E-state index < -0.39 is 10.0 Å². The molecule has 0 heterocycles. The lowest BCUT2D eigenvalue weighted by Crippen LogP contribution is -2.36. The topological polar surface area (TPSA) is 69.6 Å². The van der Waals surface area contributed by atoms with Gasteiger partial charge < -0.3 is 5.11 Å². The van der Waals surface area contributed by atoms with Crippen molar-refractivity contribution in [2.24, 2.45) is 0 Å². The van der Waals surface area contributed by atoms with Crippen molar-refractivity contribution in [2.45, 2.75) is 11.5 Å². The first-order chi connectivity index (χ1) is 7.36. The molecule has 0 aliphatic rings. The number of benzene rings is 1. The molecule has 0 bridgehead atoms. The molecule has 0 spiro atoms. The van der Waals surface area contributed by atoms with Crippen LogP contribution in [0.5, 0.6) is 0 Å². The molecule has 0 atom stereocenters. The Balaban J connectivity index is 3.21. The average Bonchev–Trinajstić information content (AvgIpc) is 2.16. The van der Waals surface area contributed by atoms with Crippen LogP contribution in [0, 0.1) is 0 Å². The van der Waals surface area contributed by atoms with Crippen molar-refractivity contribution in [2.75, 3.05) is 14.1 Å². The average molecular weight is 265 g/mol. The minimum absolute atomic E-state index is 0.0468. The van der Waals surface area contributed by atoms with Crippen molar-refractivity contribution in [1.29, 1.82) is 0 Å². The molecule has 0 saturated carbocycles. The summed E-state index contributed by atoms with van der Waals surface area (Å²) in [5.74, 6) is 0. The summed E-state index contributed by atoms with van der Waals surface area (Å²) in [6, 6.07) is 4.35. The Morgan fingerprint density at radius 2 is 2.06 bits per heavy atom. The van der Waals surface area contributed by atoms with E-state index in [0.29, 0.717) is 5.56 Å². The van der Waals surface area contributed by atoms with Crippen LogP contribution in [0.15, 0.2) is 23.1 Å². The Morgan fingerprint density at radius 3 is 2.56 bits per heavy atom. The van der Waals surface area contributed by atoms with Crippen molar-refractivity contribution in [3.8, 4) is 0 Å². The van der Waals surface area contributed by atoms with E-state index in [1.165, 1.54) is 17.1 Å². The third kappa shape index (κ3) is 3.16. The first-order valence-electron chi connectivity index (χ1n) is 4.46. The maximum Gasteiger partial charge on any atom is 0.254 e. The summed E-state index contributed by atoms with van der Waals surface area (Å²) in [4.78, 5) is 2.22. The summed E-state index contributed by atoms with van der Waals surface area (Å²) >= 11 is 5.80. The van der Waals surface area contributed by atoms with Gasteiger partial charge in [0.2, 0.25) is 0 Å². The van der Waals surface area contributed by atoms with Crippen LogP contribution in [0.2, 0.25) is 5.02 Å². The van der Waals surface area contributed by atoms with Crippen LogP contribution in [-0.4, -0.2) is 32.6 Å². The first kappa shape index (κ1) is 13.4. The van der Waals surface area contributed by atoms with E-state index in [1.807, 2.05) is 0 Å². The van der Waals surface area contributed by atoms with Crippen LogP contribution in [0.1, 0.15) is 5.56 Å². The van der Waals surface area contributed by atoms with Crippen LogP contribution in [0.25, 0.3) is 0 Å². The van der Waals surface area contributed by atoms with Crippen molar-refractivity contribution < 1.29 is 13.5 Å². The summed E-state index contributed by atoms with van der Waals surface area (Å²) in [5.41, 5.74) is 0.489. The van der Waals surface area contributed by atoms with E-state index in [2.05, 4.69) is 4.83 Å². The maximum absolute atomic E-state index is 11.8. The molecule has 90 valence electrons. The van der Waals surface area contributed by atoms with E-state index in [-0.39, 0.29) is 16.5 Å². The number of hydrogen-bond donors (Lipinski definition) is 2. The zero-order valence-corrected chi connectivity index (χ0v) is 10.5. The number of halogens is 1. The van der Waals surface area contributed by atoms with Crippen molar-refractivity contribution in [3.05, 3.63) is 28.8 Å². The standard InChI is InChI=1S/C9H13ClN2O3S/c1-12(2)11-16(14,15)9-5-7(6-13)3-4-8(9)10/h3-5,11,13H,6H2,1-2H3. The van der Waals surface area contributed by atoms with Gasteiger partial charge >= 0.3 is 0 Å². The second-order valence-corrected chi connectivity index (χ2v) is 5.45. The van der Waals surface area contributed by atoms with Crippen molar-refractivity contribution >= 4 is 21.6 Å². The molecule has 1 aromatic carbocycles. The predicted octanol–water partition coefficient (Wildman–Crippen LogP) is 0.587. The third-order valence-corrected chi connectivity index (χ3v) is 3.73. The molecular formula is C9H13ClN2O3S. The van der Waals surface area contributed by atoms with Crippen molar-refractivity contribution in [3.63, 3.8) is 0 Å². The van der Waals surface area contributed by atoms with E-state index in [9.17, 15) is 8.42 Å². The molecule has 7 heteroatoms. The van der Waals surface area contributed by atoms with E-state index in [0.717, 1.165) is 0 Å². The molecule has 0 fully saturated rings. The zero-order chi connectivity index (χ0) is 12.3. The summed E-state index contributed by atoms with van der Waals surface area (Å²) in [5, 5.41) is 10.4. The Kier molecular flexibility index (Phi) is 4.28. The van der Waals surface area contributed by atoms with Gasteiger partial charge in [-0.1, -0.05) is 17.7 Å². The lowest BCUT2D eigenvalue weighted by atomic mass is 10.2. The third-order valence-electron chi connectivity index (χ3n) is 1.77. The highest BCUT2D eigenvalue weighted by molar-refractivity contribution is 7.89. The van der Waals surface area contributed by atoms with Gasteiger partial charge in [0, 0.05) is 14.1 Å². The summed E-state index contributed by atoms with van der Waals surface area (Å²) in [6.45, 7) is -0.234. The Bertz CT molecular complexity index is 474. The van der Waals surface area contributed by atoms with E-state index >= 15 is 0 Å². The number of hydrogen-bond acceptors (Lipinski definition) is 4. The molecule has 0 radical (unpaired) electrons. The molecule has 0 amide bonds. The second-order valence-electron chi connectivity index (χ2n) is 3.41. The minimum Gasteiger partial charge on any atom is -0.392 e. The van der Waals surface area contributed by atoms with Gasteiger partial charge in [0.1, 0.15) is 4.90 Å². The van der Waals surface area contributed by atoms with E-state index in [4.69, 9.17) is 16.7 Å². The molecule has 0 unspecified atom stereocenters. The molecule has 1 aromatic rings. The SMILES string of the molecule is CN(C)NS(=O)(=O)c1cc(CO)ccc1Cl. The fraction of sp³-hybridized carbons (Fsp3) is 0.333. The van der Waals surface area contributed by atoms with Crippen LogP contribution >= 0.6 is 11.6 Å². The van der Waals surface area contributed by atoms with Gasteiger partial charge in [-0.05, 0) is 17.7 Å². The minimum atomic E-state index is -3.69. The quantitative estimate of drug-likeness (QED) is 0.781. The van der Waals surface area contributed by atoms with Gasteiger partial charge in [0.15, 0.2) is 0 Å². The Hall–Kier alpha value is -0.660. The van der Waals surface area contributed by atoms with Gasteiger partial charge in [-0.3, -0.25) is 0 Å². The molecule has 1 rings (SSSR count). The second kappa shape index (κ2) is 5.11. The van der Waals surface area contributed by atoms with Crippen LogP contribution in [0.4, 0.5) is 0 Å². The number of aliphatic hydroxyl groups excluding tert-OH is 1. The summed E-state index contributed by atoms with van der Waals surface area (Å²) < 4.78 is 23.6. The molecule has 16 heavy (non-hydrogen) atoms. The smallest absolute Gasteiger partial charge is 0.254 e. The molecule has 0 saturated heterocycles. The molecule has 0 aromatic heterocycles. The zero-order valence-electron chi connectivity index (χ0n) is 8.94. The number of hydrazine groups is 1. The largest absolute Gasteiger partial charge is 0.392 e. The first-order valence-corrected chi connectivity index (χ1v) is 6.32. The summed E-state index contributed by atoms with van der Waals surface area (Å²) in [7, 11) is -0.576. The molecule has 5 nitrogen and oxygen atoms in total. The van der Waals surface area contributed by atoms with Gasteiger partial charge in [-0.15, -0.1) is 4.83 Å². The molecular weight excluding hydrogens is 252 g/mol. The van der Waals surface area contributed by atoms with Crippen LogP contribution in [0.3, 0.4) is 0 Å². The number of aliphatic hydroxyl groups is 1. The lowest BCUT2D eigenvalue weighted by Gasteiger charge is -2.13. The number of sulfonamides is 1. The van der Waals surface area contributed by atoms with Gasteiger partial charge in [0.05, 0.1) is 11.6 Å². The fourth-order valence-electron chi connectivity index (χ4n) is 1.14. The molecule has 0 aliphatic carbocycles. The van der Waals surface area contributed by atoms with Gasteiger partial charge in [-0.2, -0.15) is 0 Å². The number of rotatable bonds is 4. The molecule has 0 aliphatic heterocycles. The summed E-state index contributed by atoms with van der Waals surface area (Å²) in [6.07, 6.45) is 0. The highest BCUT2D eigenvalue weighted by atomic mass is 35.5. The lowest BCUT2D eigenvalue weighted by molar-refractivity contribution is 0.281. The van der Waals surface area contributed by atoms with Gasteiger partial charge in [-0.25, -0.2) is 13.4 Å². The van der Waals surface area contributed by atoms with Crippen molar-refractivity contribution in [1.82, 2.24) is 9.84 Å².